The smallest absolute Gasteiger partial charge is 0.245 e. The number of likely N-dealkylation sites (N-methyl/N-ethyl adjacent to an activating group) is 1. The van der Waals surface area contributed by atoms with E-state index in [1.807, 2.05) is 29.7 Å². The maximum atomic E-state index is 13.1. The zero-order valence-corrected chi connectivity index (χ0v) is 14.1. The second-order valence-corrected chi connectivity index (χ2v) is 7.88. The summed E-state index contributed by atoms with van der Waals surface area (Å²) in [6, 6.07) is 5.02. The number of rotatable bonds is 4. The van der Waals surface area contributed by atoms with E-state index in [1.54, 1.807) is 28.8 Å². The van der Waals surface area contributed by atoms with Gasteiger partial charge in [-0.05, 0) is 38.7 Å². The molecule has 0 N–H and O–H groups in total. The molecule has 23 heavy (non-hydrogen) atoms. The Bertz CT molecular complexity index is 757. The summed E-state index contributed by atoms with van der Waals surface area (Å²) < 4.78 is 29.7. The summed E-state index contributed by atoms with van der Waals surface area (Å²) in [6.07, 6.45) is 5.43. The zero-order valence-electron chi connectivity index (χ0n) is 13.3. The topological polar surface area (TPSA) is 71.3 Å². The van der Waals surface area contributed by atoms with Gasteiger partial charge in [0.1, 0.15) is 4.90 Å². The van der Waals surface area contributed by atoms with Gasteiger partial charge in [0.05, 0.1) is 12.2 Å². The first-order valence-electron chi connectivity index (χ1n) is 7.56. The molecule has 0 aromatic carbocycles. The van der Waals surface area contributed by atoms with Crippen LogP contribution in [0.2, 0.25) is 0 Å². The zero-order chi connectivity index (χ0) is 16.4. The van der Waals surface area contributed by atoms with Crippen molar-refractivity contribution in [3.63, 3.8) is 0 Å². The van der Waals surface area contributed by atoms with Crippen molar-refractivity contribution in [3.8, 4) is 0 Å². The number of nitrogens with zero attached hydrogens (tertiary/aromatic N) is 5. The van der Waals surface area contributed by atoms with E-state index in [0.717, 1.165) is 18.7 Å². The first-order chi connectivity index (χ1) is 11.0. The monoisotopic (exact) mass is 335 g/mol. The second kappa shape index (κ2) is 6.38. The molecule has 1 aliphatic rings. The van der Waals surface area contributed by atoms with Gasteiger partial charge in [0.15, 0.2) is 0 Å². The van der Waals surface area contributed by atoms with Crippen molar-refractivity contribution in [2.45, 2.75) is 30.4 Å². The lowest BCUT2D eigenvalue weighted by Crippen LogP contribution is -2.44. The molecule has 0 bridgehead atoms. The van der Waals surface area contributed by atoms with Crippen LogP contribution < -0.4 is 0 Å². The number of hydrogen-bond acceptors (Lipinski definition) is 5. The van der Waals surface area contributed by atoms with Crippen LogP contribution in [0.25, 0.3) is 0 Å². The highest BCUT2D eigenvalue weighted by atomic mass is 32.2. The molecule has 1 atom stereocenters. The van der Waals surface area contributed by atoms with Crippen molar-refractivity contribution in [2.24, 2.45) is 0 Å². The third-order valence-corrected chi connectivity index (χ3v) is 5.90. The number of fused-ring (bicyclic) bond motifs is 1. The van der Waals surface area contributed by atoms with Crippen LogP contribution in [0.15, 0.2) is 41.7 Å². The predicted molar refractivity (Wildman–Crippen MR) is 86.2 cm³/mol. The van der Waals surface area contributed by atoms with Crippen LogP contribution in [0.1, 0.15) is 12.1 Å². The molecular formula is C15H21N5O2S. The summed E-state index contributed by atoms with van der Waals surface area (Å²) in [5.41, 5.74) is 0.915. The summed E-state index contributed by atoms with van der Waals surface area (Å²) in [5.74, 6) is 0. The molecule has 0 saturated heterocycles. The number of aryl methyl sites for hydroxylation is 1. The Morgan fingerprint density at radius 3 is 2.83 bits per heavy atom. The maximum absolute atomic E-state index is 13.1. The number of sulfonamides is 1. The van der Waals surface area contributed by atoms with Crippen LogP contribution in [0.5, 0.6) is 0 Å². The van der Waals surface area contributed by atoms with E-state index in [1.165, 1.54) is 6.20 Å². The average molecular weight is 335 g/mol. The standard InChI is InChI=1S/C15H21N5O2S/c1-18(2)11-14-6-9-19-13(5-8-17-19)12-20(14)23(21,22)15-4-3-7-16-10-15/h3-5,7-8,10,14H,6,9,11-12H2,1-2H3/t14-/m0/s1. The Hall–Kier alpha value is -1.77. The lowest BCUT2D eigenvalue weighted by Gasteiger charge is -2.30. The summed E-state index contributed by atoms with van der Waals surface area (Å²) >= 11 is 0. The van der Waals surface area contributed by atoms with Crippen LogP contribution in [-0.4, -0.2) is 59.1 Å². The van der Waals surface area contributed by atoms with Crippen molar-refractivity contribution in [1.29, 1.82) is 0 Å². The quantitative estimate of drug-likeness (QED) is 0.827. The molecule has 3 heterocycles. The van der Waals surface area contributed by atoms with Gasteiger partial charge in [0.2, 0.25) is 10.0 Å². The minimum Gasteiger partial charge on any atom is -0.308 e. The van der Waals surface area contributed by atoms with E-state index in [-0.39, 0.29) is 10.9 Å². The number of aromatic nitrogens is 3. The van der Waals surface area contributed by atoms with Gasteiger partial charge in [0.25, 0.3) is 0 Å². The molecule has 0 fully saturated rings. The molecule has 8 heteroatoms. The Labute approximate surface area is 136 Å². The van der Waals surface area contributed by atoms with Crippen molar-refractivity contribution in [3.05, 3.63) is 42.5 Å². The molecule has 0 spiro atoms. The highest BCUT2D eigenvalue weighted by molar-refractivity contribution is 7.89. The van der Waals surface area contributed by atoms with Crippen LogP contribution in [0.4, 0.5) is 0 Å². The van der Waals surface area contributed by atoms with Crippen LogP contribution in [0, 0.1) is 0 Å². The average Bonchev–Trinajstić information content (AvgIpc) is 2.90. The van der Waals surface area contributed by atoms with E-state index in [4.69, 9.17) is 0 Å². The highest BCUT2D eigenvalue weighted by Crippen LogP contribution is 2.25. The van der Waals surface area contributed by atoms with Crippen molar-refractivity contribution < 1.29 is 8.42 Å². The van der Waals surface area contributed by atoms with Gasteiger partial charge >= 0.3 is 0 Å². The first kappa shape index (κ1) is 16.1. The third-order valence-electron chi connectivity index (χ3n) is 4.02. The summed E-state index contributed by atoms with van der Waals surface area (Å²) in [4.78, 5) is 6.21. The second-order valence-electron chi connectivity index (χ2n) is 5.99. The molecule has 0 aliphatic carbocycles. The molecule has 0 saturated carbocycles. The molecule has 1 aliphatic heterocycles. The lowest BCUT2D eigenvalue weighted by molar-refractivity contribution is 0.239. The van der Waals surface area contributed by atoms with Gasteiger partial charge in [-0.1, -0.05) is 0 Å². The fraction of sp³-hybridized carbons (Fsp3) is 0.467. The Kier molecular flexibility index (Phi) is 4.47. The van der Waals surface area contributed by atoms with Crippen LogP contribution in [0.3, 0.4) is 0 Å². The van der Waals surface area contributed by atoms with Crippen LogP contribution in [-0.2, 0) is 23.1 Å². The minimum atomic E-state index is -3.60. The summed E-state index contributed by atoms with van der Waals surface area (Å²) in [5, 5.41) is 4.29. The van der Waals surface area contributed by atoms with Crippen molar-refractivity contribution in [1.82, 2.24) is 24.0 Å². The third kappa shape index (κ3) is 3.29. The van der Waals surface area contributed by atoms with Crippen molar-refractivity contribution >= 4 is 10.0 Å². The Morgan fingerprint density at radius 1 is 1.30 bits per heavy atom. The van der Waals surface area contributed by atoms with Gasteiger partial charge in [-0.2, -0.15) is 9.40 Å². The van der Waals surface area contributed by atoms with E-state index >= 15 is 0 Å². The number of hydrogen-bond donors (Lipinski definition) is 0. The minimum absolute atomic E-state index is 0.100. The number of pyridine rings is 1. The SMILES string of the molecule is CN(C)C[C@@H]1CCn2nccc2CN1S(=O)(=O)c1cccnc1. The van der Waals surface area contributed by atoms with Gasteiger partial charge in [-0.25, -0.2) is 8.42 Å². The first-order valence-corrected chi connectivity index (χ1v) is 9.00. The molecule has 0 unspecified atom stereocenters. The van der Waals surface area contributed by atoms with E-state index < -0.39 is 10.0 Å². The van der Waals surface area contributed by atoms with E-state index in [9.17, 15) is 8.42 Å². The summed E-state index contributed by atoms with van der Waals surface area (Å²) in [6.45, 7) is 1.72. The van der Waals surface area contributed by atoms with Gasteiger partial charge in [0, 0.05) is 37.7 Å². The largest absolute Gasteiger partial charge is 0.308 e. The normalized spacial score (nSPS) is 19.5. The fourth-order valence-corrected chi connectivity index (χ4v) is 4.50. The summed E-state index contributed by atoms with van der Waals surface area (Å²) in [7, 11) is 0.316. The fourth-order valence-electron chi connectivity index (χ4n) is 2.92. The lowest BCUT2D eigenvalue weighted by atomic mass is 10.2. The molecule has 0 amide bonds. The van der Waals surface area contributed by atoms with Gasteiger partial charge in [-0.15, -0.1) is 0 Å². The molecule has 7 nitrogen and oxygen atoms in total. The Morgan fingerprint density at radius 2 is 2.13 bits per heavy atom. The predicted octanol–water partition coefficient (Wildman–Crippen LogP) is 0.803. The maximum Gasteiger partial charge on any atom is 0.245 e. The molecular weight excluding hydrogens is 314 g/mol. The molecule has 3 rings (SSSR count). The molecule has 2 aromatic heterocycles. The van der Waals surface area contributed by atoms with Gasteiger partial charge < -0.3 is 4.90 Å². The van der Waals surface area contributed by atoms with E-state index in [0.29, 0.717) is 13.1 Å². The Balaban J connectivity index is 2.00. The molecule has 0 radical (unpaired) electrons. The van der Waals surface area contributed by atoms with Crippen LogP contribution >= 0.6 is 0 Å². The van der Waals surface area contributed by atoms with Gasteiger partial charge in [-0.3, -0.25) is 9.67 Å². The highest BCUT2D eigenvalue weighted by Gasteiger charge is 2.34. The van der Waals surface area contributed by atoms with E-state index in [2.05, 4.69) is 10.1 Å². The molecule has 2 aromatic rings. The van der Waals surface area contributed by atoms with Crippen molar-refractivity contribution in [2.75, 3.05) is 20.6 Å². The molecule has 124 valence electrons.